The number of rotatable bonds is 9. The molecule has 1 aliphatic rings. The minimum absolute atomic E-state index is 0.0119. The van der Waals surface area contributed by atoms with Crippen molar-refractivity contribution in [3.05, 3.63) is 23.0 Å². The van der Waals surface area contributed by atoms with Crippen molar-refractivity contribution >= 4 is 22.9 Å². The lowest BCUT2D eigenvalue weighted by Gasteiger charge is -2.23. The second-order valence-corrected chi connectivity index (χ2v) is 10.2. The van der Waals surface area contributed by atoms with Crippen LogP contribution in [-0.4, -0.2) is 44.1 Å². The van der Waals surface area contributed by atoms with Crippen LogP contribution >= 0.6 is 11.3 Å². The van der Waals surface area contributed by atoms with Crippen molar-refractivity contribution in [3.63, 3.8) is 0 Å². The normalized spacial score (nSPS) is 19.1. The van der Waals surface area contributed by atoms with Gasteiger partial charge in [0.05, 0.1) is 5.69 Å². The van der Waals surface area contributed by atoms with Crippen molar-refractivity contribution in [2.24, 2.45) is 17.8 Å². The van der Waals surface area contributed by atoms with Crippen LogP contribution < -0.4 is 0 Å². The molecule has 2 aromatic heterocycles. The van der Waals surface area contributed by atoms with Crippen LogP contribution in [0.3, 0.4) is 0 Å². The zero-order valence-corrected chi connectivity index (χ0v) is 20.5. The third-order valence-corrected chi connectivity index (χ3v) is 7.43. The van der Waals surface area contributed by atoms with Crippen LogP contribution in [0, 0.1) is 17.8 Å². The van der Waals surface area contributed by atoms with Crippen molar-refractivity contribution in [1.29, 1.82) is 0 Å². The lowest BCUT2D eigenvalue weighted by atomic mass is 9.80. The highest BCUT2D eigenvalue weighted by Crippen LogP contribution is 2.31. The number of thiazole rings is 1. The SMILES string of the molecule is CCCC(C)C(=O)C(CC(=O)c1nc(-c2nccs2)n2c1CN(C)C(C)CC2)C(C)C. The summed E-state index contributed by atoms with van der Waals surface area (Å²) < 4.78 is 2.18. The minimum atomic E-state index is -0.267. The number of hydrogen-bond acceptors (Lipinski definition) is 6. The summed E-state index contributed by atoms with van der Waals surface area (Å²) in [7, 11) is 2.09. The first kappa shape index (κ1) is 23.8. The van der Waals surface area contributed by atoms with Gasteiger partial charge in [0.15, 0.2) is 16.6 Å². The fourth-order valence-electron chi connectivity index (χ4n) is 4.44. The highest BCUT2D eigenvalue weighted by atomic mass is 32.1. The summed E-state index contributed by atoms with van der Waals surface area (Å²) in [5.41, 5.74) is 1.48. The molecule has 0 aliphatic carbocycles. The van der Waals surface area contributed by atoms with Crippen LogP contribution in [0.25, 0.3) is 10.8 Å². The van der Waals surface area contributed by atoms with E-state index in [0.29, 0.717) is 18.3 Å². The molecule has 6 nitrogen and oxygen atoms in total. The number of fused-ring (bicyclic) bond motifs is 1. The maximum absolute atomic E-state index is 13.5. The van der Waals surface area contributed by atoms with Crippen LogP contribution in [0.2, 0.25) is 0 Å². The monoisotopic (exact) mass is 444 g/mol. The van der Waals surface area contributed by atoms with Crippen molar-refractivity contribution < 1.29 is 9.59 Å². The summed E-state index contributed by atoms with van der Waals surface area (Å²) in [4.78, 5) is 38.2. The number of imidazole rings is 1. The van der Waals surface area contributed by atoms with E-state index in [0.717, 1.165) is 42.3 Å². The maximum Gasteiger partial charge on any atom is 0.183 e. The average molecular weight is 445 g/mol. The molecular weight excluding hydrogens is 408 g/mol. The zero-order chi connectivity index (χ0) is 22.7. The molecule has 2 aromatic rings. The van der Waals surface area contributed by atoms with Gasteiger partial charge < -0.3 is 4.57 Å². The molecule has 0 bridgehead atoms. The second kappa shape index (κ2) is 10.2. The fourth-order valence-corrected chi connectivity index (χ4v) is 5.07. The number of aromatic nitrogens is 3. The summed E-state index contributed by atoms with van der Waals surface area (Å²) in [5, 5.41) is 2.78. The number of Topliss-reactive ketones (excluding diaryl/α,β-unsaturated/α-hetero) is 2. The van der Waals surface area contributed by atoms with Gasteiger partial charge in [0, 0.05) is 49.0 Å². The maximum atomic E-state index is 13.5. The second-order valence-electron chi connectivity index (χ2n) is 9.34. The molecule has 0 spiro atoms. The summed E-state index contributed by atoms with van der Waals surface area (Å²) in [5.74, 6) is 0.812. The first-order valence-corrected chi connectivity index (χ1v) is 12.4. The van der Waals surface area contributed by atoms with Gasteiger partial charge >= 0.3 is 0 Å². The Morgan fingerprint density at radius 2 is 2.03 bits per heavy atom. The summed E-state index contributed by atoms with van der Waals surface area (Å²) >= 11 is 1.54. The molecule has 0 N–H and O–H groups in total. The van der Waals surface area contributed by atoms with Crippen molar-refractivity contribution in [1.82, 2.24) is 19.4 Å². The summed E-state index contributed by atoms with van der Waals surface area (Å²) in [6.45, 7) is 11.9. The molecule has 0 saturated heterocycles. The van der Waals surface area contributed by atoms with Gasteiger partial charge in [-0.25, -0.2) is 9.97 Å². The van der Waals surface area contributed by atoms with Crippen LogP contribution in [-0.2, 0) is 17.9 Å². The third kappa shape index (κ3) is 5.14. The fraction of sp³-hybridized carbons (Fsp3) is 0.667. The minimum Gasteiger partial charge on any atom is -0.324 e. The Bertz CT molecular complexity index is 903. The van der Waals surface area contributed by atoms with E-state index >= 15 is 0 Å². The number of hydrogen-bond donors (Lipinski definition) is 0. The molecule has 0 saturated carbocycles. The Kier molecular flexibility index (Phi) is 7.81. The molecule has 31 heavy (non-hydrogen) atoms. The van der Waals surface area contributed by atoms with Crippen LogP contribution in [0.15, 0.2) is 11.6 Å². The Morgan fingerprint density at radius 1 is 1.29 bits per heavy atom. The Balaban J connectivity index is 1.96. The standard InChI is InChI=1S/C24H36N4O2S/c1-7-8-16(4)22(30)18(15(2)3)13-20(29)21-19-14-27(6)17(5)9-11-28(19)23(26-21)24-25-10-12-31-24/h10,12,15-18H,7-9,11,13-14H2,1-6H3. The molecule has 3 unspecified atom stereocenters. The summed E-state index contributed by atoms with van der Waals surface area (Å²) in [6.07, 6.45) is 4.84. The van der Waals surface area contributed by atoms with Crippen molar-refractivity contribution in [2.75, 3.05) is 7.05 Å². The molecule has 3 rings (SSSR count). The number of carbonyl (C=O) groups is 2. The van der Waals surface area contributed by atoms with E-state index in [1.165, 1.54) is 0 Å². The van der Waals surface area contributed by atoms with E-state index in [2.05, 4.69) is 35.3 Å². The third-order valence-electron chi connectivity index (χ3n) is 6.67. The van der Waals surface area contributed by atoms with E-state index in [1.54, 1.807) is 17.5 Å². The lowest BCUT2D eigenvalue weighted by molar-refractivity contribution is -0.127. The highest BCUT2D eigenvalue weighted by Gasteiger charge is 2.33. The zero-order valence-electron chi connectivity index (χ0n) is 19.7. The largest absolute Gasteiger partial charge is 0.324 e. The molecule has 3 heterocycles. The Morgan fingerprint density at radius 3 is 2.65 bits per heavy atom. The smallest absolute Gasteiger partial charge is 0.183 e. The molecule has 0 fully saturated rings. The molecule has 7 heteroatoms. The van der Waals surface area contributed by atoms with Gasteiger partial charge in [0.2, 0.25) is 0 Å². The van der Waals surface area contributed by atoms with Crippen molar-refractivity contribution in [2.45, 2.75) is 79.4 Å². The van der Waals surface area contributed by atoms with E-state index < -0.39 is 0 Å². The molecule has 0 aromatic carbocycles. The predicted molar refractivity (Wildman–Crippen MR) is 125 cm³/mol. The van der Waals surface area contributed by atoms with E-state index in [4.69, 9.17) is 4.98 Å². The average Bonchev–Trinajstić information content (AvgIpc) is 3.34. The van der Waals surface area contributed by atoms with E-state index in [-0.39, 0.29) is 35.7 Å². The quantitative estimate of drug-likeness (QED) is 0.505. The molecule has 3 atom stereocenters. The van der Waals surface area contributed by atoms with Gasteiger partial charge in [-0.1, -0.05) is 34.1 Å². The number of ketones is 2. The first-order chi connectivity index (χ1) is 14.7. The lowest BCUT2D eigenvalue weighted by Crippen LogP contribution is -2.29. The Labute approximate surface area is 190 Å². The topological polar surface area (TPSA) is 68.1 Å². The highest BCUT2D eigenvalue weighted by molar-refractivity contribution is 7.13. The van der Waals surface area contributed by atoms with Gasteiger partial charge in [-0.15, -0.1) is 11.3 Å². The van der Waals surface area contributed by atoms with Gasteiger partial charge in [-0.05, 0) is 32.7 Å². The summed E-state index contributed by atoms with van der Waals surface area (Å²) in [6, 6.07) is 0.423. The number of nitrogens with zero attached hydrogens (tertiary/aromatic N) is 4. The first-order valence-electron chi connectivity index (χ1n) is 11.5. The van der Waals surface area contributed by atoms with Gasteiger partial charge in [0.25, 0.3) is 0 Å². The van der Waals surface area contributed by atoms with E-state index in [1.807, 2.05) is 26.2 Å². The van der Waals surface area contributed by atoms with Crippen LogP contribution in [0.4, 0.5) is 0 Å². The molecule has 170 valence electrons. The Hall–Kier alpha value is -1.86. The van der Waals surface area contributed by atoms with Gasteiger partial charge in [-0.2, -0.15) is 0 Å². The van der Waals surface area contributed by atoms with Gasteiger partial charge in [-0.3, -0.25) is 14.5 Å². The van der Waals surface area contributed by atoms with E-state index in [9.17, 15) is 9.59 Å². The number of carbonyl (C=O) groups excluding carboxylic acids is 2. The molecule has 1 aliphatic heterocycles. The van der Waals surface area contributed by atoms with Crippen molar-refractivity contribution in [3.8, 4) is 10.8 Å². The van der Waals surface area contributed by atoms with Crippen LogP contribution in [0.5, 0.6) is 0 Å². The molecule has 0 amide bonds. The van der Waals surface area contributed by atoms with Crippen LogP contribution in [0.1, 0.15) is 76.5 Å². The molecular formula is C24H36N4O2S. The molecule has 0 radical (unpaired) electrons. The predicted octanol–water partition coefficient (Wildman–Crippen LogP) is 5.08. The van der Waals surface area contributed by atoms with Gasteiger partial charge in [0.1, 0.15) is 11.5 Å².